The van der Waals surface area contributed by atoms with E-state index in [0.29, 0.717) is 6.04 Å². The van der Waals surface area contributed by atoms with Crippen LogP contribution in [0.4, 0.5) is 0 Å². The predicted molar refractivity (Wildman–Crippen MR) is 85.6 cm³/mol. The molecule has 2 heteroatoms. The molecule has 0 amide bonds. The summed E-state index contributed by atoms with van der Waals surface area (Å²) in [5.41, 5.74) is 1.59. The number of likely N-dealkylation sites (N-methyl/N-ethyl adjacent to an activating group) is 1. The van der Waals surface area contributed by atoms with Gasteiger partial charge in [-0.05, 0) is 44.6 Å². The lowest BCUT2D eigenvalue weighted by molar-refractivity contribution is 0.113. The standard InChI is InChI=1S/C17H35NO/c1-7-9-16(11-15(5)14(3)4)12-17(18-6)13-19-10-8-2/h9,14-15,17-18H,7-8,10-13H2,1-6H3/b16-9+/t15-,17?/m0/s1. The van der Waals surface area contributed by atoms with Gasteiger partial charge in [-0.25, -0.2) is 0 Å². The van der Waals surface area contributed by atoms with E-state index in [1.807, 2.05) is 7.05 Å². The van der Waals surface area contributed by atoms with E-state index >= 15 is 0 Å². The zero-order valence-corrected chi connectivity index (χ0v) is 14.0. The van der Waals surface area contributed by atoms with E-state index in [2.05, 4.69) is 46.0 Å². The SMILES string of the molecule is CC/C=C(/CC(COCCC)NC)C[C@H](C)C(C)C. The number of ether oxygens (including phenoxy) is 1. The summed E-state index contributed by atoms with van der Waals surface area (Å²) in [6.45, 7) is 13.1. The van der Waals surface area contributed by atoms with Crippen molar-refractivity contribution in [1.29, 1.82) is 0 Å². The molecule has 0 aromatic heterocycles. The highest BCUT2D eigenvalue weighted by atomic mass is 16.5. The molecule has 2 nitrogen and oxygen atoms in total. The van der Waals surface area contributed by atoms with Crippen LogP contribution in [-0.2, 0) is 4.74 Å². The summed E-state index contributed by atoms with van der Waals surface area (Å²) in [5.74, 6) is 1.51. The normalized spacial score (nSPS) is 15.8. The molecule has 114 valence electrons. The van der Waals surface area contributed by atoms with E-state index in [9.17, 15) is 0 Å². The van der Waals surface area contributed by atoms with Crippen molar-refractivity contribution in [3.05, 3.63) is 11.6 Å². The summed E-state index contributed by atoms with van der Waals surface area (Å²) >= 11 is 0. The van der Waals surface area contributed by atoms with Crippen LogP contribution >= 0.6 is 0 Å². The van der Waals surface area contributed by atoms with Crippen molar-refractivity contribution in [2.24, 2.45) is 11.8 Å². The first-order valence-electron chi connectivity index (χ1n) is 7.97. The Balaban J connectivity index is 4.33. The number of hydrogen-bond acceptors (Lipinski definition) is 2. The van der Waals surface area contributed by atoms with E-state index in [1.165, 1.54) is 6.42 Å². The minimum atomic E-state index is 0.448. The largest absolute Gasteiger partial charge is 0.380 e. The molecule has 0 spiro atoms. The maximum absolute atomic E-state index is 5.68. The van der Waals surface area contributed by atoms with Crippen molar-refractivity contribution < 1.29 is 4.74 Å². The molecular weight excluding hydrogens is 234 g/mol. The monoisotopic (exact) mass is 269 g/mol. The Morgan fingerprint density at radius 2 is 1.84 bits per heavy atom. The Morgan fingerprint density at radius 1 is 1.16 bits per heavy atom. The first-order chi connectivity index (χ1) is 9.04. The maximum Gasteiger partial charge on any atom is 0.0622 e. The fourth-order valence-electron chi connectivity index (χ4n) is 2.12. The van der Waals surface area contributed by atoms with Crippen molar-refractivity contribution in [3.63, 3.8) is 0 Å². The zero-order valence-electron chi connectivity index (χ0n) is 14.0. The molecule has 1 unspecified atom stereocenters. The van der Waals surface area contributed by atoms with Gasteiger partial charge >= 0.3 is 0 Å². The fourth-order valence-corrected chi connectivity index (χ4v) is 2.12. The summed E-state index contributed by atoms with van der Waals surface area (Å²) in [5, 5.41) is 3.39. The Bertz CT molecular complexity index is 235. The molecule has 2 atom stereocenters. The van der Waals surface area contributed by atoms with Crippen molar-refractivity contribution >= 4 is 0 Å². The summed E-state index contributed by atoms with van der Waals surface area (Å²) in [4.78, 5) is 0. The van der Waals surface area contributed by atoms with E-state index in [4.69, 9.17) is 4.74 Å². The second-order valence-corrected chi connectivity index (χ2v) is 5.96. The molecule has 1 N–H and O–H groups in total. The molecule has 0 bridgehead atoms. The Kier molecular flexibility index (Phi) is 11.3. The zero-order chi connectivity index (χ0) is 14.7. The highest BCUT2D eigenvalue weighted by Crippen LogP contribution is 2.23. The van der Waals surface area contributed by atoms with Gasteiger partial charge < -0.3 is 10.1 Å². The molecular formula is C17H35NO. The molecule has 0 aliphatic rings. The van der Waals surface area contributed by atoms with Crippen LogP contribution < -0.4 is 5.32 Å². The average molecular weight is 269 g/mol. The summed E-state index contributed by atoms with van der Waals surface area (Å²) < 4.78 is 5.68. The van der Waals surface area contributed by atoms with Crippen LogP contribution in [-0.4, -0.2) is 26.3 Å². The number of rotatable bonds is 11. The van der Waals surface area contributed by atoms with Crippen LogP contribution in [0.25, 0.3) is 0 Å². The quantitative estimate of drug-likeness (QED) is 0.443. The van der Waals surface area contributed by atoms with Crippen molar-refractivity contribution in [2.45, 2.75) is 66.3 Å². The molecule has 0 aromatic rings. The third kappa shape index (κ3) is 9.23. The number of nitrogens with one attached hydrogen (secondary N) is 1. The van der Waals surface area contributed by atoms with Gasteiger partial charge in [0.1, 0.15) is 0 Å². The first kappa shape index (κ1) is 18.7. The summed E-state index contributed by atoms with van der Waals surface area (Å²) in [7, 11) is 2.04. The lowest BCUT2D eigenvalue weighted by Gasteiger charge is -2.22. The number of allylic oxidation sites excluding steroid dienone is 1. The van der Waals surface area contributed by atoms with Gasteiger partial charge in [-0.3, -0.25) is 0 Å². The minimum absolute atomic E-state index is 0.448. The van der Waals surface area contributed by atoms with Crippen LogP contribution in [0.2, 0.25) is 0 Å². The molecule has 0 aliphatic heterocycles. The van der Waals surface area contributed by atoms with Crippen molar-refractivity contribution in [1.82, 2.24) is 5.32 Å². The van der Waals surface area contributed by atoms with Crippen LogP contribution in [0.1, 0.15) is 60.3 Å². The topological polar surface area (TPSA) is 21.3 Å². The molecule has 0 aliphatic carbocycles. The Morgan fingerprint density at radius 3 is 2.32 bits per heavy atom. The van der Waals surface area contributed by atoms with E-state index < -0.39 is 0 Å². The highest BCUT2D eigenvalue weighted by Gasteiger charge is 2.14. The molecule has 0 saturated heterocycles. The number of hydrogen-bond donors (Lipinski definition) is 1. The Hall–Kier alpha value is -0.340. The van der Waals surface area contributed by atoms with Gasteiger partial charge in [-0.15, -0.1) is 0 Å². The van der Waals surface area contributed by atoms with E-state index in [-0.39, 0.29) is 0 Å². The molecule has 0 aromatic carbocycles. The lowest BCUT2D eigenvalue weighted by Crippen LogP contribution is -2.31. The molecule has 0 rings (SSSR count). The van der Waals surface area contributed by atoms with E-state index in [0.717, 1.165) is 44.3 Å². The van der Waals surface area contributed by atoms with Gasteiger partial charge in [0.05, 0.1) is 6.61 Å². The summed E-state index contributed by atoms with van der Waals surface area (Å²) in [6, 6.07) is 0.448. The van der Waals surface area contributed by atoms with E-state index in [1.54, 1.807) is 5.57 Å². The Labute approximate surface area is 121 Å². The molecule has 0 fully saturated rings. The van der Waals surface area contributed by atoms with Crippen molar-refractivity contribution in [2.75, 3.05) is 20.3 Å². The third-order valence-electron chi connectivity index (χ3n) is 3.80. The first-order valence-corrected chi connectivity index (χ1v) is 7.97. The molecule has 0 radical (unpaired) electrons. The average Bonchev–Trinajstić information content (AvgIpc) is 2.37. The van der Waals surface area contributed by atoms with Crippen LogP contribution in [0.5, 0.6) is 0 Å². The van der Waals surface area contributed by atoms with Gasteiger partial charge in [0, 0.05) is 12.6 Å². The van der Waals surface area contributed by atoms with Crippen LogP contribution in [0.15, 0.2) is 11.6 Å². The van der Waals surface area contributed by atoms with Gasteiger partial charge in [-0.2, -0.15) is 0 Å². The van der Waals surface area contributed by atoms with Crippen LogP contribution in [0, 0.1) is 11.8 Å². The summed E-state index contributed by atoms with van der Waals surface area (Å²) in [6.07, 6.45) is 6.97. The lowest BCUT2D eigenvalue weighted by atomic mass is 9.88. The van der Waals surface area contributed by atoms with Crippen LogP contribution in [0.3, 0.4) is 0 Å². The van der Waals surface area contributed by atoms with Gasteiger partial charge in [0.15, 0.2) is 0 Å². The third-order valence-corrected chi connectivity index (χ3v) is 3.80. The van der Waals surface area contributed by atoms with Gasteiger partial charge in [-0.1, -0.05) is 46.3 Å². The van der Waals surface area contributed by atoms with Gasteiger partial charge in [0.2, 0.25) is 0 Å². The molecule has 0 saturated carbocycles. The molecule has 0 heterocycles. The second-order valence-electron chi connectivity index (χ2n) is 5.96. The fraction of sp³-hybridized carbons (Fsp3) is 0.882. The smallest absolute Gasteiger partial charge is 0.0622 e. The predicted octanol–water partition coefficient (Wildman–Crippen LogP) is 4.41. The van der Waals surface area contributed by atoms with Crippen molar-refractivity contribution in [3.8, 4) is 0 Å². The highest BCUT2D eigenvalue weighted by molar-refractivity contribution is 5.05. The maximum atomic E-state index is 5.68. The second kappa shape index (κ2) is 11.5. The molecule has 19 heavy (non-hydrogen) atoms. The van der Waals surface area contributed by atoms with Gasteiger partial charge in [0.25, 0.3) is 0 Å². The minimum Gasteiger partial charge on any atom is -0.380 e.